The molecule has 2 aromatic heterocycles. The number of carboxylic acid groups (broad SMARTS) is 2. The number of carbonyl (C=O) groups excluding carboxylic acids is 2. The summed E-state index contributed by atoms with van der Waals surface area (Å²) in [5, 5.41) is 23.0. The highest BCUT2D eigenvalue weighted by Crippen LogP contribution is 2.28. The Morgan fingerprint density at radius 1 is 0.783 bits per heavy atom. The van der Waals surface area contributed by atoms with Gasteiger partial charge in [0.15, 0.2) is 5.82 Å². The molecule has 1 aliphatic rings. The SMILES string of the molecule is CCCCCNc1nc(N)nc2ccn(Cc3ccc(CN4CCN(C(=O)CCOCCOCCOCCOCCOCCOCCNC(=O)C[C@@H](SCC(N)C(=O)O)C(=O)O)CC4)cc3OC)c12. The second-order valence-electron chi connectivity index (χ2n) is 16.1. The number of nitrogens with one attached hydrogen (secondary N) is 2. The highest BCUT2D eigenvalue weighted by molar-refractivity contribution is 8.00. The molecule has 1 aromatic carbocycles. The molecule has 3 aromatic rings. The number of nitrogens with two attached hydrogens (primary N) is 2. The number of thioether (sulfide) groups is 1. The Hall–Kier alpha value is -4.85. The number of methoxy groups -OCH3 is 1. The second-order valence-corrected chi connectivity index (χ2v) is 17.4. The number of anilines is 2. The third-order valence-electron chi connectivity index (χ3n) is 10.9. The van der Waals surface area contributed by atoms with Crippen LogP contribution in [0.2, 0.25) is 0 Å². The number of piperazine rings is 1. The summed E-state index contributed by atoms with van der Waals surface area (Å²) in [7, 11) is 1.70. The van der Waals surface area contributed by atoms with Crippen molar-refractivity contribution in [1.29, 1.82) is 0 Å². The van der Waals surface area contributed by atoms with E-state index in [0.29, 0.717) is 98.7 Å². The smallest absolute Gasteiger partial charge is 0.321 e. The van der Waals surface area contributed by atoms with E-state index in [2.05, 4.69) is 55.2 Å². The van der Waals surface area contributed by atoms with Gasteiger partial charge in [-0.1, -0.05) is 31.9 Å². The van der Waals surface area contributed by atoms with Crippen LogP contribution in [0.15, 0.2) is 30.5 Å². The first-order chi connectivity index (χ1) is 33.5. The second kappa shape index (κ2) is 32.9. The summed E-state index contributed by atoms with van der Waals surface area (Å²) in [4.78, 5) is 60.3. The number of amides is 2. The third-order valence-corrected chi connectivity index (χ3v) is 12.2. The molecule has 1 saturated heterocycles. The molecule has 1 unspecified atom stereocenters. The number of unbranched alkanes of at least 4 members (excludes halogenated alkanes) is 2. The number of fused-ring (bicyclic) bond motifs is 1. The van der Waals surface area contributed by atoms with Crippen LogP contribution in [-0.4, -0.2) is 201 Å². The van der Waals surface area contributed by atoms with Gasteiger partial charge in [0.1, 0.15) is 22.6 Å². The van der Waals surface area contributed by atoms with E-state index in [-0.39, 0.29) is 37.2 Å². The lowest BCUT2D eigenvalue weighted by Gasteiger charge is -2.35. The summed E-state index contributed by atoms with van der Waals surface area (Å²) in [5.41, 5.74) is 15.3. The minimum absolute atomic E-state index is 0.0889. The van der Waals surface area contributed by atoms with Crippen LogP contribution in [0.5, 0.6) is 5.75 Å². The largest absolute Gasteiger partial charge is 0.496 e. The van der Waals surface area contributed by atoms with E-state index in [1.807, 2.05) is 17.2 Å². The molecule has 0 saturated carbocycles. The van der Waals surface area contributed by atoms with Crippen molar-refractivity contribution in [1.82, 2.24) is 29.7 Å². The predicted molar refractivity (Wildman–Crippen MR) is 261 cm³/mol. The summed E-state index contributed by atoms with van der Waals surface area (Å²) >= 11 is 0.813. The van der Waals surface area contributed by atoms with Crippen molar-refractivity contribution in [3.8, 4) is 5.75 Å². The number of hydrogen-bond donors (Lipinski definition) is 6. The number of carbonyl (C=O) groups is 4. The van der Waals surface area contributed by atoms with Gasteiger partial charge in [-0.25, -0.2) is 4.98 Å². The Morgan fingerprint density at radius 2 is 1.41 bits per heavy atom. The first-order valence-electron chi connectivity index (χ1n) is 23.6. The average Bonchev–Trinajstić information content (AvgIpc) is 3.74. The summed E-state index contributed by atoms with van der Waals surface area (Å²) < 4.78 is 41.0. The van der Waals surface area contributed by atoms with Crippen LogP contribution in [0.3, 0.4) is 0 Å². The summed E-state index contributed by atoms with van der Waals surface area (Å²) in [5.74, 6) is -1.16. The summed E-state index contributed by atoms with van der Waals surface area (Å²) in [6.45, 7) is 11.8. The zero-order valence-corrected chi connectivity index (χ0v) is 40.9. The van der Waals surface area contributed by atoms with Crippen molar-refractivity contribution in [2.45, 2.75) is 63.4 Å². The Labute approximate surface area is 408 Å². The number of hydrogen-bond acceptors (Lipinski definition) is 18. The Balaban J connectivity index is 0.942. The fraction of sp³-hybridized carbons (Fsp3) is 0.652. The first kappa shape index (κ1) is 56.7. The lowest BCUT2D eigenvalue weighted by Crippen LogP contribution is -2.48. The number of aromatic nitrogens is 3. The number of rotatable bonds is 38. The number of aliphatic carboxylic acids is 2. The molecular weight excluding hydrogens is 919 g/mol. The quantitative estimate of drug-likeness (QED) is 0.0447. The van der Waals surface area contributed by atoms with Gasteiger partial charge >= 0.3 is 11.9 Å². The van der Waals surface area contributed by atoms with Gasteiger partial charge < -0.3 is 74.9 Å². The van der Waals surface area contributed by atoms with Crippen LogP contribution in [-0.2, 0) is 60.7 Å². The van der Waals surface area contributed by atoms with Crippen LogP contribution in [0.4, 0.5) is 11.8 Å². The Morgan fingerprint density at radius 3 is 2.00 bits per heavy atom. The standard InChI is InChI=1S/C46H73N9O13S/c1-3-4-5-10-50-43-42-37(51-46(48)52-43)8-12-55(42)32-35-7-6-34(29-38(35)62-2)31-53-13-15-54(16-14-53)41(57)9-17-63-19-21-65-23-25-67-27-28-68-26-24-66-22-20-64-18-11-49-40(56)30-39(45(60)61)69-33-36(47)44(58)59/h6-8,12,29,36,39H,3-5,9-11,13-28,30-33,47H2,1-2H3,(H,49,56)(H,58,59)(H,60,61)(H3,48,50,51,52)/t36?,39-/m1/s1. The first-order valence-corrected chi connectivity index (χ1v) is 24.6. The molecule has 1 aliphatic heterocycles. The van der Waals surface area contributed by atoms with Crippen molar-refractivity contribution in [2.24, 2.45) is 5.73 Å². The van der Waals surface area contributed by atoms with Crippen LogP contribution in [0.25, 0.3) is 11.0 Å². The zero-order valence-electron chi connectivity index (χ0n) is 40.1. The maximum Gasteiger partial charge on any atom is 0.321 e. The molecular formula is C46H73N9O13S. The van der Waals surface area contributed by atoms with Gasteiger partial charge in [0, 0.05) is 69.7 Å². The van der Waals surface area contributed by atoms with E-state index in [4.69, 9.17) is 49.7 Å². The maximum absolute atomic E-state index is 12.9. The van der Waals surface area contributed by atoms with Crippen molar-refractivity contribution in [2.75, 3.05) is 142 Å². The highest BCUT2D eigenvalue weighted by atomic mass is 32.2. The van der Waals surface area contributed by atoms with E-state index >= 15 is 0 Å². The van der Waals surface area contributed by atoms with Crippen LogP contribution >= 0.6 is 11.8 Å². The van der Waals surface area contributed by atoms with Crippen molar-refractivity contribution in [3.05, 3.63) is 41.6 Å². The predicted octanol–water partition coefficient (Wildman–Crippen LogP) is 1.91. The molecule has 0 radical (unpaired) electrons. The summed E-state index contributed by atoms with van der Waals surface area (Å²) in [6, 6.07) is 7.11. The van der Waals surface area contributed by atoms with Gasteiger partial charge in [-0.3, -0.25) is 24.1 Å². The molecule has 23 heteroatoms. The highest BCUT2D eigenvalue weighted by Gasteiger charge is 2.25. The van der Waals surface area contributed by atoms with E-state index in [1.165, 1.54) is 0 Å². The van der Waals surface area contributed by atoms with Crippen molar-refractivity contribution >= 4 is 58.3 Å². The van der Waals surface area contributed by atoms with Gasteiger partial charge in [-0.2, -0.15) is 4.98 Å². The molecule has 3 heterocycles. The minimum atomic E-state index is -1.24. The van der Waals surface area contributed by atoms with Crippen molar-refractivity contribution < 1.29 is 62.5 Å². The minimum Gasteiger partial charge on any atom is -0.496 e. The van der Waals surface area contributed by atoms with E-state index in [9.17, 15) is 24.3 Å². The van der Waals surface area contributed by atoms with Crippen LogP contribution in [0, 0.1) is 0 Å². The fourth-order valence-corrected chi connectivity index (χ4v) is 8.10. The third kappa shape index (κ3) is 21.8. The molecule has 0 bridgehead atoms. The topological polar surface area (TPSA) is 287 Å². The molecule has 4 rings (SSSR count). The lowest BCUT2D eigenvalue weighted by atomic mass is 10.1. The van der Waals surface area contributed by atoms with Gasteiger partial charge in [0.2, 0.25) is 17.8 Å². The van der Waals surface area contributed by atoms with E-state index < -0.39 is 29.1 Å². The molecule has 1 fully saturated rings. The molecule has 0 aliphatic carbocycles. The average molecular weight is 992 g/mol. The molecule has 2 amide bonds. The molecule has 0 spiro atoms. The van der Waals surface area contributed by atoms with Gasteiger partial charge in [0.25, 0.3) is 0 Å². The Kier molecular flexibility index (Phi) is 27.0. The number of benzene rings is 1. The molecule has 69 heavy (non-hydrogen) atoms. The fourth-order valence-electron chi connectivity index (χ4n) is 7.11. The lowest BCUT2D eigenvalue weighted by molar-refractivity contribution is -0.139. The number of nitrogen functional groups attached to an aromatic ring is 1. The monoisotopic (exact) mass is 992 g/mol. The molecule has 8 N–H and O–H groups in total. The number of carboxylic acids is 2. The van der Waals surface area contributed by atoms with Gasteiger partial charge in [-0.05, 0) is 24.1 Å². The molecule has 22 nitrogen and oxygen atoms in total. The van der Waals surface area contributed by atoms with Gasteiger partial charge in [-0.15, -0.1) is 11.8 Å². The molecule has 386 valence electrons. The summed E-state index contributed by atoms with van der Waals surface area (Å²) in [6.07, 6.45) is 5.36. The molecule has 2 atom stereocenters. The Bertz CT molecular complexity index is 1990. The van der Waals surface area contributed by atoms with Crippen LogP contribution in [0.1, 0.15) is 50.2 Å². The number of nitrogens with zero attached hydrogens (tertiary/aromatic N) is 5. The van der Waals surface area contributed by atoms with E-state index in [1.54, 1.807) is 7.11 Å². The van der Waals surface area contributed by atoms with E-state index in [0.717, 1.165) is 90.9 Å². The zero-order chi connectivity index (χ0) is 49.6. The van der Waals surface area contributed by atoms with Crippen molar-refractivity contribution in [3.63, 3.8) is 0 Å². The maximum atomic E-state index is 12.9. The normalized spacial score (nSPS) is 13.9. The number of ether oxygens (including phenoxy) is 7. The van der Waals surface area contributed by atoms with Crippen LogP contribution < -0.4 is 26.8 Å². The van der Waals surface area contributed by atoms with Gasteiger partial charge in [0.05, 0.1) is 105 Å².